The highest BCUT2D eigenvalue weighted by Crippen LogP contribution is 2.24. The first-order valence-corrected chi connectivity index (χ1v) is 9.59. The number of nitrogens with zero attached hydrogens (tertiary/aromatic N) is 5. The van der Waals surface area contributed by atoms with E-state index >= 15 is 0 Å². The van der Waals surface area contributed by atoms with Crippen LogP contribution in [0.15, 0.2) is 26.4 Å². The second-order valence-corrected chi connectivity index (χ2v) is 7.64. The molecule has 3 aromatic rings. The lowest BCUT2D eigenvalue weighted by Gasteiger charge is -2.31. The van der Waals surface area contributed by atoms with Crippen LogP contribution in [0.2, 0.25) is 0 Å². The quantitative estimate of drug-likeness (QED) is 0.720. The van der Waals surface area contributed by atoms with Crippen LogP contribution in [0.4, 0.5) is 5.95 Å². The molecule has 4 heterocycles. The van der Waals surface area contributed by atoms with Gasteiger partial charge in [0, 0.05) is 33.2 Å². The SMILES string of the molecule is Cn1c(=O)c2c(nc(N3CCCC(N)C3)n2Cc2ccsc2)n(C)c1=O. The van der Waals surface area contributed by atoms with Gasteiger partial charge in [0.1, 0.15) is 0 Å². The van der Waals surface area contributed by atoms with Gasteiger partial charge >= 0.3 is 5.69 Å². The van der Waals surface area contributed by atoms with Crippen molar-refractivity contribution in [1.29, 1.82) is 0 Å². The number of fused-ring (bicyclic) bond motifs is 1. The molecule has 0 radical (unpaired) electrons. The number of hydrogen-bond donors (Lipinski definition) is 1. The lowest BCUT2D eigenvalue weighted by atomic mass is 10.1. The summed E-state index contributed by atoms with van der Waals surface area (Å²) in [6.07, 6.45) is 1.97. The van der Waals surface area contributed by atoms with Gasteiger partial charge in [0.2, 0.25) is 5.95 Å². The van der Waals surface area contributed by atoms with E-state index in [9.17, 15) is 9.59 Å². The van der Waals surface area contributed by atoms with Gasteiger partial charge in [0.25, 0.3) is 5.56 Å². The molecule has 0 spiro atoms. The van der Waals surface area contributed by atoms with Crippen molar-refractivity contribution in [3.63, 3.8) is 0 Å². The number of hydrogen-bond acceptors (Lipinski definition) is 6. The molecule has 3 aromatic heterocycles. The smallest absolute Gasteiger partial charge is 0.332 e. The first-order valence-electron chi connectivity index (χ1n) is 8.65. The predicted octanol–water partition coefficient (Wildman–Crippen LogP) is 0.471. The predicted molar refractivity (Wildman–Crippen MR) is 103 cm³/mol. The molecule has 1 aliphatic heterocycles. The average molecular weight is 374 g/mol. The second-order valence-electron chi connectivity index (χ2n) is 6.86. The Morgan fingerprint density at radius 1 is 1.31 bits per heavy atom. The van der Waals surface area contributed by atoms with Crippen molar-refractivity contribution in [2.75, 3.05) is 18.0 Å². The van der Waals surface area contributed by atoms with Gasteiger partial charge in [-0.1, -0.05) is 0 Å². The Morgan fingerprint density at radius 2 is 2.12 bits per heavy atom. The number of imidazole rings is 1. The van der Waals surface area contributed by atoms with Gasteiger partial charge in [-0.2, -0.15) is 16.3 Å². The fourth-order valence-corrected chi connectivity index (χ4v) is 4.24. The summed E-state index contributed by atoms with van der Waals surface area (Å²) < 4.78 is 4.51. The largest absolute Gasteiger partial charge is 0.341 e. The van der Waals surface area contributed by atoms with E-state index in [4.69, 9.17) is 10.7 Å². The van der Waals surface area contributed by atoms with Gasteiger partial charge < -0.3 is 10.6 Å². The maximum atomic E-state index is 12.9. The van der Waals surface area contributed by atoms with Gasteiger partial charge in [-0.15, -0.1) is 0 Å². The van der Waals surface area contributed by atoms with Crippen LogP contribution in [0, 0.1) is 0 Å². The van der Waals surface area contributed by atoms with E-state index in [1.165, 1.54) is 11.6 Å². The van der Waals surface area contributed by atoms with Gasteiger partial charge in [-0.05, 0) is 35.2 Å². The van der Waals surface area contributed by atoms with E-state index in [0.717, 1.165) is 29.5 Å². The summed E-state index contributed by atoms with van der Waals surface area (Å²) in [6, 6.07) is 2.12. The number of rotatable bonds is 3. The highest BCUT2D eigenvalue weighted by molar-refractivity contribution is 7.07. The second kappa shape index (κ2) is 6.40. The van der Waals surface area contributed by atoms with Crippen LogP contribution < -0.4 is 21.9 Å². The maximum Gasteiger partial charge on any atom is 0.332 e. The molecule has 4 rings (SSSR count). The average Bonchev–Trinajstić information content (AvgIpc) is 3.26. The zero-order chi connectivity index (χ0) is 18.4. The molecule has 2 N–H and O–H groups in total. The van der Waals surface area contributed by atoms with Crippen molar-refractivity contribution in [2.45, 2.75) is 25.4 Å². The summed E-state index contributed by atoms with van der Waals surface area (Å²) in [4.78, 5) is 32.0. The molecular weight excluding hydrogens is 352 g/mol. The molecule has 1 fully saturated rings. The lowest BCUT2D eigenvalue weighted by Crippen LogP contribution is -2.44. The molecule has 26 heavy (non-hydrogen) atoms. The first-order chi connectivity index (χ1) is 12.5. The summed E-state index contributed by atoms with van der Waals surface area (Å²) in [5.41, 5.74) is 7.44. The summed E-state index contributed by atoms with van der Waals surface area (Å²) in [6.45, 7) is 2.07. The fourth-order valence-electron chi connectivity index (χ4n) is 3.58. The minimum absolute atomic E-state index is 0.0878. The van der Waals surface area contributed by atoms with Crippen LogP contribution in [0.3, 0.4) is 0 Å². The van der Waals surface area contributed by atoms with Gasteiger partial charge in [0.15, 0.2) is 11.2 Å². The molecule has 0 aromatic carbocycles. The Hall–Kier alpha value is -2.39. The van der Waals surface area contributed by atoms with Crippen molar-refractivity contribution < 1.29 is 0 Å². The summed E-state index contributed by atoms with van der Waals surface area (Å²) >= 11 is 1.62. The van der Waals surface area contributed by atoms with Crippen LogP contribution in [0.1, 0.15) is 18.4 Å². The first kappa shape index (κ1) is 17.0. The van der Waals surface area contributed by atoms with Crippen molar-refractivity contribution in [2.24, 2.45) is 19.8 Å². The maximum absolute atomic E-state index is 12.9. The fraction of sp³-hybridized carbons (Fsp3) is 0.471. The molecule has 9 heteroatoms. The van der Waals surface area contributed by atoms with E-state index in [-0.39, 0.29) is 17.3 Å². The van der Waals surface area contributed by atoms with Crippen LogP contribution in [-0.4, -0.2) is 37.8 Å². The Bertz CT molecular complexity index is 1060. The van der Waals surface area contributed by atoms with Gasteiger partial charge in [-0.3, -0.25) is 18.5 Å². The van der Waals surface area contributed by atoms with Crippen LogP contribution in [-0.2, 0) is 20.6 Å². The topological polar surface area (TPSA) is 91.1 Å². The molecule has 1 aliphatic rings. The van der Waals surface area contributed by atoms with E-state index < -0.39 is 0 Å². The Kier molecular flexibility index (Phi) is 4.20. The number of nitrogens with two attached hydrogens (primary N) is 1. The molecule has 8 nitrogen and oxygen atoms in total. The summed E-state index contributed by atoms with van der Waals surface area (Å²) in [5.74, 6) is 0.708. The minimum Gasteiger partial charge on any atom is -0.341 e. The molecule has 0 bridgehead atoms. The zero-order valence-electron chi connectivity index (χ0n) is 14.9. The van der Waals surface area contributed by atoms with Crippen LogP contribution in [0.5, 0.6) is 0 Å². The van der Waals surface area contributed by atoms with Crippen molar-refractivity contribution in [1.82, 2.24) is 18.7 Å². The molecule has 138 valence electrons. The zero-order valence-corrected chi connectivity index (χ0v) is 15.7. The van der Waals surface area contributed by atoms with E-state index in [1.54, 1.807) is 18.4 Å². The normalized spacial score (nSPS) is 18.0. The number of piperidine rings is 1. The third kappa shape index (κ3) is 2.67. The third-order valence-electron chi connectivity index (χ3n) is 4.99. The number of aryl methyl sites for hydroxylation is 1. The summed E-state index contributed by atoms with van der Waals surface area (Å²) in [7, 11) is 3.15. The third-order valence-corrected chi connectivity index (χ3v) is 5.72. The van der Waals surface area contributed by atoms with Gasteiger partial charge in [-0.25, -0.2) is 4.79 Å². The van der Waals surface area contributed by atoms with Crippen molar-refractivity contribution in [3.8, 4) is 0 Å². The summed E-state index contributed by atoms with van der Waals surface area (Å²) in [5, 5.41) is 4.07. The molecule has 1 unspecified atom stereocenters. The number of anilines is 1. The Balaban J connectivity index is 1.97. The van der Waals surface area contributed by atoms with E-state index in [0.29, 0.717) is 30.2 Å². The molecule has 1 saturated heterocycles. The van der Waals surface area contributed by atoms with E-state index in [2.05, 4.69) is 10.3 Å². The Labute approximate surface area is 154 Å². The monoisotopic (exact) mass is 374 g/mol. The van der Waals surface area contributed by atoms with Crippen LogP contribution in [0.25, 0.3) is 11.2 Å². The number of thiophene rings is 1. The molecule has 0 aliphatic carbocycles. The minimum atomic E-state index is -0.371. The Morgan fingerprint density at radius 3 is 2.81 bits per heavy atom. The van der Waals surface area contributed by atoms with E-state index in [1.807, 2.05) is 16.0 Å². The standard InChI is InChI=1S/C17H22N6O2S/c1-20-14-13(15(24)21(2)17(20)25)23(8-11-5-7-26-10-11)16(19-14)22-6-3-4-12(18)9-22/h5,7,10,12H,3-4,6,8-9,18H2,1-2H3. The highest BCUT2D eigenvalue weighted by atomic mass is 32.1. The lowest BCUT2D eigenvalue weighted by molar-refractivity contribution is 0.495. The number of aromatic nitrogens is 4. The molecule has 0 amide bonds. The van der Waals surface area contributed by atoms with Gasteiger partial charge in [0.05, 0.1) is 6.54 Å². The highest BCUT2D eigenvalue weighted by Gasteiger charge is 2.25. The van der Waals surface area contributed by atoms with Crippen molar-refractivity contribution in [3.05, 3.63) is 43.2 Å². The molecule has 0 saturated carbocycles. The molecule has 1 atom stereocenters. The van der Waals surface area contributed by atoms with Crippen molar-refractivity contribution >= 4 is 28.4 Å². The van der Waals surface area contributed by atoms with Crippen LogP contribution >= 0.6 is 11.3 Å². The molecular formula is C17H22N6O2S.